The molecule has 0 fully saturated rings. The summed E-state index contributed by atoms with van der Waals surface area (Å²) in [6.07, 6.45) is 3.16. The molecular weight excluding hydrogens is 220 g/mol. The monoisotopic (exact) mass is 230 g/mol. The van der Waals surface area contributed by atoms with Gasteiger partial charge >= 0.3 is 0 Å². The largest absolute Gasteiger partial charge is 0.456 e. The summed E-state index contributed by atoms with van der Waals surface area (Å²) in [4.78, 5) is 3.95. The summed E-state index contributed by atoms with van der Waals surface area (Å²) in [6, 6.07) is 7.08. The van der Waals surface area contributed by atoms with Gasteiger partial charge in [-0.3, -0.25) is 4.98 Å². The summed E-state index contributed by atoms with van der Waals surface area (Å²) in [6.45, 7) is 0.249. The SMILES string of the molecule is Nc1cncc(Oc2ccc3c(c2)OCO3)c1. The zero-order valence-electron chi connectivity index (χ0n) is 8.92. The molecule has 1 aromatic carbocycles. The van der Waals surface area contributed by atoms with E-state index in [-0.39, 0.29) is 6.79 Å². The standard InChI is InChI=1S/C12H10N2O3/c13-8-3-10(6-14-5-8)17-9-1-2-11-12(4-9)16-7-15-11/h1-6H,7,13H2. The van der Waals surface area contributed by atoms with E-state index in [1.807, 2.05) is 0 Å². The smallest absolute Gasteiger partial charge is 0.231 e. The van der Waals surface area contributed by atoms with Gasteiger partial charge in [0.05, 0.1) is 18.1 Å². The van der Waals surface area contributed by atoms with Crippen molar-refractivity contribution in [1.82, 2.24) is 4.98 Å². The lowest BCUT2D eigenvalue weighted by Crippen LogP contribution is -1.92. The van der Waals surface area contributed by atoms with Gasteiger partial charge in [0.25, 0.3) is 0 Å². The molecule has 2 heterocycles. The van der Waals surface area contributed by atoms with Crippen molar-refractivity contribution in [3.63, 3.8) is 0 Å². The minimum atomic E-state index is 0.249. The van der Waals surface area contributed by atoms with Crippen LogP contribution in [-0.4, -0.2) is 11.8 Å². The Balaban J connectivity index is 1.86. The number of ether oxygens (including phenoxy) is 3. The van der Waals surface area contributed by atoms with Crippen LogP contribution < -0.4 is 19.9 Å². The zero-order valence-corrected chi connectivity index (χ0v) is 8.92. The molecule has 2 aromatic rings. The lowest BCUT2D eigenvalue weighted by atomic mass is 10.3. The Morgan fingerprint density at radius 2 is 1.94 bits per heavy atom. The van der Waals surface area contributed by atoms with Gasteiger partial charge in [-0.05, 0) is 12.1 Å². The van der Waals surface area contributed by atoms with E-state index in [0.29, 0.717) is 22.9 Å². The van der Waals surface area contributed by atoms with E-state index in [0.717, 1.165) is 5.75 Å². The second-order valence-electron chi connectivity index (χ2n) is 3.57. The van der Waals surface area contributed by atoms with E-state index in [9.17, 15) is 0 Å². The molecule has 0 saturated carbocycles. The fourth-order valence-electron chi connectivity index (χ4n) is 1.57. The average Bonchev–Trinajstić information content (AvgIpc) is 2.76. The number of aromatic nitrogens is 1. The molecule has 0 unspecified atom stereocenters. The van der Waals surface area contributed by atoms with Crippen LogP contribution in [0.1, 0.15) is 0 Å². The lowest BCUT2D eigenvalue weighted by molar-refractivity contribution is 0.174. The number of rotatable bonds is 2. The first-order valence-electron chi connectivity index (χ1n) is 5.09. The van der Waals surface area contributed by atoms with E-state index >= 15 is 0 Å². The van der Waals surface area contributed by atoms with Gasteiger partial charge in [-0.1, -0.05) is 0 Å². The molecule has 17 heavy (non-hydrogen) atoms. The van der Waals surface area contributed by atoms with Crippen molar-refractivity contribution >= 4 is 5.69 Å². The second-order valence-corrected chi connectivity index (χ2v) is 3.57. The Morgan fingerprint density at radius 3 is 2.82 bits per heavy atom. The number of nitrogen functional groups attached to an aromatic ring is 1. The van der Waals surface area contributed by atoms with Crippen LogP contribution >= 0.6 is 0 Å². The number of nitrogens with two attached hydrogens (primary N) is 1. The second kappa shape index (κ2) is 3.86. The Labute approximate surface area is 97.7 Å². The number of benzene rings is 1. The molecule has 0 atom stereocenters. The van der Waals surface area contributed by atoms with Gasteiger partial charge in [0.15, 0.2) is 11.5 Å². The van der Waals surface area contributed by atoms with Gasteiger partial charge in [-0.2, -0.15) is 0 Å². The molecule has 5 heteroatoms. The van der Waals surface area contributed by atoms with Crippen LogP contribution in [0.4, 0.5) is 5.69 Å². The first kappa shape index (κ1) is 9.77. The van der Waals surface area contributed by atoms with Crippen molar-refractivity contribution < 1.29 is 14.2 Å². The summed E-state index contributed by atoms with van der Waals surface area (Å²) >= 11 is 0. The van der Waals surface area contributed by atoms with Crippen LogP contribution in [0, 0.1) is 0 Å². The van der Waals surface area contributed by atoms with Crippen LogP contribution in [0.25, 0.3) is 0 Å². The maximum atomic E-state index is 5.62. The van der Waals surface area contributed by atoms with Crippen molar-refractivity contribution in [3.8, 4) is 23.0 Å². The molecule has 1 aromatic heterocycles. The predicted molar refractivity (Wildman–Crippen MR) is 61.3 cm³/mol. The Kier molecular flexibility index (Phi) is 2.22. The molecule has 2 N–H and O–H groups in total. The van der Waals surface area contributed by atoms with Crippen molar-refractivity contribution in [3.05, 3.63) is 36.7 Å². The number of nitrogens with zero attached hydrogens (tertiary/aromatic N) is 1. The minimum Gasteiger partial charge on any atom is -0.456 e. The maximum Gasteiger partial charge on any atom is 0.231 e. The summed E-state index contributed by atoms with van der Waals surface area (Å²) in [5.41, 5.74) is 6.17. The first-order chi connectivity index (χ1) is 8.31. The lowest BCUT2D eigenvalue weighted by Gasteiger charge is -2.06. The highest BCUT2D eigenvalue weighted by molar-refractivity contribution is 5.48. The third-order valence-electron chi connectivity index (χ3n) is 2.31. The topological polar surface area (TPSA) is 66.6 Å². The molecule has 0 radical (unpaired) electrons. The highest BCUT2D eigenvalue weighted by Crippen LogP contribution is 2.36. The molecule has 0 aliphatic carbocycles. The number of anilines is 1. The van der Waals surface area contributed by atoms with E-state index < -0.39 is 0 Å². The van der Waals surface area contributed by atoms with Crippen molar-refractivity contribution in [2.45, 2.75) is 0 Å². The Hall–Kier alpha value is -2.43. The van der Waals surface area contributed by atoms with Gasteiger partial charge in [-0.15, -0.1) is 0 Å². The molecule has 0 bridgehead atoms. The molecule has 5 nitrogen and oxygen atoms in total. The molecule has 3 rings (SSSR count). The van der Waals surface area contributed by atoms with E-state index in [4.69, 9.17) is 19.9 Å². The molecule has 0 saturated heterocycles. The molecule has 1 aliphatic heterocycles. The predicted octanol–water partition coefficient (Wildman–Crippen LogP) is 2.18. The van der Waals surface area contributed by atoms with Gasteiger partial charge in [0, 0.05) is 12.1 Å². The van der Waals surface area contributed by atoms with E-state index in [1.54, 1.807) is 36.7 Å². The highest BCUT2D eigenvalue weighted by Gasteiger charge is 2.13. The fraction of sp³-hybridized carbons (Fsp3) is 0.0833. The summed E-state index contributed by atoms with van der Waals surface area (Å²) < 4.78 is 16.1. The van der Waals surface area contributed by atoms with E-state index in [1.165, 1.54) is 0 Å². The summed E-state index contributed by atoms with van der Waals surface area (Å²) in [5, 5.41) is 0. The number of hydrogen-bond acceptors (Lipinski definition) is 5. The Morgan fingerprint density at radius 1 is 1.06 bits per heavy atom. The van der Waals surface area contributed by atoms with Crippen LogP contribution in [0.2, 0.25) is 0 Å². The number of fused-ring (bicyclic) bond motifs is 1. The van der Waals surface area contributed by atoms with Crippen molar-refractivity contribution in [2.75, 3.05) is 12.5 Å². The van der Waals surface area contributed by atoms with Gasteiger partial charge in [0.2, 0.25) is 6.79 Å². The minimum absolute atomic E-state index is 0.249. The summed E-state index contributed by atoms with van der Waals surface area (Å²) in [7, 11) is 0. The van der Waals surface area contributed by atoms with Crippen LogP contribution in [0.5, 0.6) is 23.0 Å². The molecule has 86 valence electrons. The fourth-order valence-corrected chi connectivity index (χ4v) is 1.57. The third-order valence-corrected chi connectivity index (χ3v) is 2.31. The first-order valence-corrected chi connectivity index (χ1v) is 5.09. The summed E-state index contributed by atoms with van der Waals surface area (Å²) in [5.74, 6) is 2.65. The maximum absolute atomic E-state index is 5.62. The van der Waals surface area contributed by atoms with E-state index in [2.05, 4.69) is 4.98 Å². The Bertz CT molecular complexity index is 557. The molecular formula is C12H10N2O3. The van der Waals surface area contributed by atoms with Crippen LogP contribution in [-0.2, 0) is 0 Å². The van der Waals surface area contributed by atoms with Gasteiger partial charge in [-0.25, -0.2) is 0 Å². The van der Waals surface area contributed by atoms with Crippen molar-refractivity contribution in [2.24, 2.45) is 0 Å². The number of hydrogen-bond donors (Lipinski definition) is 1. The third kappa shape index (κ3) is 1.94. The van der Waals surface area contributed by atoms with Gasteiger partial charge < -0.3 is 19.9 Å². The highest BCUT2D eigenvalue weighted by atomic mass is 16.7. The molecule has 0 spiro atoms. The molecule has 1 aliphatic rings. The van der Waals surface area contributed by atoms with Gasteiger partial charge in [0.1, 0.15) is 11.5 Å². The molecule has 0 amide bonds. The van der Waals surface area contributed by atoms with Crippen molar-refractivity contribution in [1.29, 1.82) is 0 Å². The normalized spacial score (nSPS) is 12.5. The average molecular weight is 230 g/mol. The van der Waals surface area contributed by atoms with Crippen LogP contribution in [0.15, 0.2) is 36.7 Å². The number of pyridine rings is 1. The quantitative estimate of drug-likeness (QED) is 0.856. The van der Waals surface area contributed by atoms with Crippen LogP contribution in [0.3, 0.4) is 0 Å². The zero-order chi connectivity index (χ0) is 11.7.